The zero-order chi connectivity index (χ0) is 25.4. The van der Waals surface area contributed by atoms with E-state index in [9.17, 15) is 32.7 Å². The fraction of sp³-hybridized carbons (Fsp3) is 0.478. The van der Waals surface area contributed by atoms with Crippen LogP contribution in [-0.2, 0) is 22.8 Å². The van der Waals surface area contributed by atoms with Gasteiger partial charge in [-0.15, -0.1) is 0 Å². The Bertz CT molecular complexity index is 1240. The molecule has 0 aliphatic heterocycles. The van der Waals surface area contributed by atoms with Crippen molar-refractivity contribution in [2.75, 3.05) is 6.54 Å². The fourth-order valence-electron chi connectivity index (χ4n) is 3.80. The zero-order valence-electron chi connectivity index (χ0n) is 19.3. The van der Waals surface area contributed by atoms with Gasteiger partial charge in [0.1, 0.15) is 29.1 Å². The van der Waals surface area contributed by atoms with Crippen LogP contribution in [-0.4, -0.2) is 38.7 Å². The third-order valence-corrected chi connectivity index (χ3v) is 5.28. The summed E-state index contributed by atoms with van der Waals surface area (Å²) in [4.78, 5) is 41.0. The van der Waals surface area contributed by atoms with Crippen LogP contribution in [0.1, 0.15) is 68.1 Å². The number of esters is 1. The van der Waals surface area contributed by atoms with Gasteiger partial charge in [0.15, 0.2) is 5.69 Å². The average molecular weight is 481 g/mol. The van der Waals surface area contributed by atoms with Gasteiger partial charge in [0.05, 0.1) is 5.39 Å². The number of pyridine rings is 2. The van der Waals surface area contributed by atoms with E-state index < -0.39 is 58.4 Å². The molecule has 8 nitrogen and oxygen atoms in total. The predicted octanol–water partition coefficient (Wildman–Crippen LogP) is 3.69. The summed E-state index contributed by atoms with van der Waals surface area (Å²) in [6.07, 6.45) is -0.507. The molecule has 2 N–H and O–H groups in total. The lowest BCUT2D eigenvalue weighted by Crippen LogP contribution is -2.38. The highest BCUT2D eigenvalue weighted by molar-refractivity contribution is 6.03. The molecule has 1 aliphatic rings. The molecule has 0 saturated heterocycles. The minimum Gasteiger partial charge on any atom is -0.506 e. The highest BCUT2D eigenvalue weighted by atomic mass is 19.4. The van der Waals surface area contributed by atoms with E-state index in [1.807, 2.05) is 0 Å². The molecule has 2 aromatic rings. The molecule has 1 aliphatic carbocycles. The smallest absolute Gasteiger partial charge is 0.434 e. The number of aryl methyl sites for hydroxylation is 1. The van der Waals surface area contributed by atoms with Crippen LogP contribution in [0.3, 0.4) is 0 Å². The van der Waals surface area contributed by atoms with Crippen molar-refractivity contribution in [3.63, 3.8) is 0 Å². The molecule has 0 atom stereocenters. The fourth-order valence-corrected chi connectivity index (χ4v) is 3.80. The van der Waals surface area contributed by atoms with Crippen molar-refractivity contribution in [2.24, 2.45) is 7.05 Å². The van der Waals surface area contributed by atoms with Gasteiger partial charge in [0.25, 0.3) is 11.5 Å². The first-order valence-electron chi connectivity index (χ1n) is 10.7. The van der Waals surface area contributed by atoms with E-state index in [2.05, 4.69) is 10.3 Å². The maximum atomic E-state index is 13.8. The lowest BCUT2D eigenvalue weighted by atomic mass is 9.91. The summed E-state index contributed by atoms with van der Waals surface area (Å²) < 4.78 is 47.3. The number of alkyl halides is 3. The third kappa shape index (κ3) is 5.23. The second kappa shape index (κ2) is 9.11. The molecule has 2 aromatic heterocycles. The van der Waals surface area contributed by atoms with Gasteiger partial charge in [-0.25, -0.2) is 4.98 Å². The second-order valence-electron chi connectivity index (χ2n) is 9.09. The lowest BCUT2D eigenvalue weighted by molar-refractivity contribution is -0.153. The summed E-state index contributed by atoms with van der Waals surface area (Å²) in [5, 5.41) is 12.8. The molecule has 2 heterocycles. The molecule has 1 amide bonds. The minimum atomic E-state index is -4.79. The Morgan fingerprint density at radius 3 is 2.47 bits per heavy atom. The molecule has 0 spiro atoms. The van der Waals surface area contributed by atoms with Gasteiger partial charge in [0, 0.05) is 12.6 Å². The molecule has 184 valence electrons. The normalized spacial score (nSPS) is 14.6. The number of carbonyl (C=O) groups is 2. The molecule has 0 fully saturated rings. The summed E-state index contributed by atoms with van der Waals surface area (Å²) in [6.45, 7) is 4.34. The Morgan fingerprint density at radius 2 is 1.91 bits per heavy atom. The molecule has 11 heteroatoms. The Morgan fingerprint density at radius 1 is 1.24 bits per heavy atom. The van der Waals surface area contributed by atoms with Gasteiger partial charge in [-0.2, -0.15) is 13.2 Å². The number of aromatic hydroxyl groups is 1. The van der Waals surface area contributed by atoms with E-state index in [1.54, 1.807) is 26.8 Å². The summed E-state index contributed by atoms with van der Waals surface area (Å²) in [5.74, 6) is -2.64. The number of carbonyl (C=O) groups excluding carboxylic acids is 2. The number of amides is 1. The Labute approximate surface area is 193 Å². The van der Waals surface area contributed by atoms with Gasteiger partial charge < -0.3 is 15.2 Å². The van der Waals surface area contributed by atoms with Crippen molar-refractivity contribution in [2.45, 2.75) is 58.2 Å². The van der Waals surface area contributed by atoms with E-state index in [1.165, 1.54) is 0 Å². The molecule has 0 saturated carbocycles. The van der Waals surface area contributed by atoms with Crippen LogP contribution in [0.2, 0.25) is 0 Å². The monoisotopic (exact) mass is 481 g/mol. The van der Waals surface area contributed by atoms with Crippen LogP contribution >= 0.6 is 0 Å². The number of fused-ring (bicyclic) bond motifs is 1. The lowest BCUT2D eigenvalue weighted by Gasteiger charge is -2.20. The van der Waals surface area contributed by atoms with E-state index in [4.69, 9.17) is 4.74 Å². The number of rotatable bonds is 4. The first kappa shape index (κ1) is 25.3. The number of halogens is 3. The van der Waals surface area contributed by atoms with Gasteiger partial charge in [-0.3, -0.25) is 19.0 Å². The van der Waals surface area contributed by atoms with Crippen molar-refractivity contribution in [3.8, 4) is 5.75 Å². The number of nitrogens with one attached hydrogen (secondary N) is 1. The third-order valence-electron chi connectivity index (χ3n) is 5.28. The van der Waals surface area contributed by atoms with Crippen LogP contribution in [0.15, 0.2) is 16.9 Å². The van der Waals surface area contributed by atoms with Crippen molar-refractivity contribution >= 4 is 28.5 Å². The number of hydrogen-bond donors (Lipinski definition) is 2. The van der Waals surface area contributed by atoms with E-state index in [0.29, 0.717) is 24.8 Å². The maximum absolute atomic E-state index is 13.8. The summed E-state index contributed by atoms with van der Waals surface area (Å²) in [7, 11) is 1.15. The first-order chi connectivity index (χ1) is 15.7. The molecule has 34 heavy (non-hydrogen) atoms. The largest absolute Gasteiger partial charge is 0.506 e. The van der Waals surface area contributed by atoms with Crippen molar-refractivity contribution < 1.29 is 32.6 Å². The topological polar surface area (TPSA) is 111 Å². The van der Waals surface area contributed by atoms with Crippen LogP contribution in [0.5, 0.6) is 5.75 Å². The molecular formula is C23H26F3N3O5. The van der Waals surface area contributed by atoms with E-state index in [0.717, 1.165) is 24.1 Å². The summed E-state index contributed by atoms with van der Waals surface area (Å²) in [5.41, 5.74) is -3.90. The Balaban J connectivity index is 2.12. The minimum absolute atomic E-state index is 0.181. The van der Waals surface area contributed by atoms with Crippen molar-refractivity contribution in [1.82, 2.24) is 14.9 Å². The second-order valence-corrected chi connectivity index (χ2v) is 9.09. The standard InChI is InChI=1S/C23H26F3N3O5/c1-22(2,3)34-15(30)11-27-20(32)16-17(31)14-10-13(12-8-6-5-7-9-12)18(23(24,25)26)28-19(14)29(4)21(16)33/h8,10,31H,5-7,9,11H2,1-4H3,(H,27,32). The van der Waals surface area contributed by atoms with Crippen molar-refractivity contribution in [1.29, 1.82) is 0 Å². The van der Waals surface area contributed by atoms with E-state index >= 15 is 0 Å². The van der Waals surface area contributed by atoms with Crippen molar-refractivity contribution in [3.05, 3.63) is 39.3 Å². The highest BCUT2D eigenvalue weighted by Crippen LogP contribution is 2.39. The van der Waals surface area contributed by atoms with Crippen LogP contribution < -0.4 is 10.9 Å². The molecule has 0 radical (unpaired) electrons. The van der Waals surface area contributed by atoms with E-state index in [-0.39, 0.29) is 10.9 Å². The van der Waals surface area contributed by atoms with Crippen LogP contribution in [0, 0.1) is 0 Å². The average Bonchev–Trinajstić information content (AvgIpc) is 2.74. The predicted molar refractivity (Wildman–Crippen MR) is 118 cm³/mol. The van der Waals surface area contributed by atoms with Crippen LogP contribution in [0.25, 0.3) is 16.6 Å². The quantitative estimate of drug-likeness (QED) is 0.645. The first-order valence-corrected chi connectivity index (χ1v) is 10.7. The molecule has 0 aromatic carbocycles. The number of nitrogens with zero attached hydrogens (tertiary/aromatic N) is 2. The van der Waals surface area contributed by atoms with Gasteiger partial charge >= 0.3 is 12.1 Å². The van der Waals surface area contributed by atoms with Crippen LogP contribution in [0.4, 0.5) is 13.2 Å². The zero-order valence-corrected chi connectivity index (χ0v) is 19.3. The molecule has 3 rings (SSSR count). The molecule has 0 bridgehead atoms. The SMILES string of the molecule is Cn1c(=O)c(C(=O)NCC(=O)OC(C)(C)C)c(O)c2cc(C3=CCCCC3)c(C(F)(F)F)nc21. The summed E-state index contributed by atoms with van der Waals surface area (Å²) in [6, 6.07) is 1.11. The number of allylic oxidation sites excluding steroid dienone is 2. The number of aromatic nitrogens is 2. The Hall–Kier alpha value is -3.37. The number of ether oxygens (including phenoxy) is 1. The van der Waals surface area contributed by atoms with Gasteiger partial charge in [0.2, 0.25) is 0 Å². The Kier molecular flexibility index (Phi) is 6.77. The number of hydrogen-bond acceptors (Lipinski definition) is 6. The highest BCUT2D eigenvalue weighted by Gasteiger charge is 2.38. The van der Waals surface area contributed by atoms with Gasteiger partial charge in [-0.05, 0) is 58.1 Å². The molecule has 0 unspecified atom stereocenters. The maximum Gasteiger partial charge on any atom is 0.434 e. The summed E-state index contributed by atoms with van der Waals surface area (Å²) >= 11 is 0. The van der Waals surface area contributed by atoms with Gasteiger partial charge in [-0.1, -0.05) is 6.08 Å². The molecular weight excluding hydrogens is 455 g/mol.